The molecule has 1 aromatic rings. The third-order valence-corrected chi connectivity index (χ3v) is 3.01. The van der Waals surface area contributed by atoms with E-state index in [4.69, 9.17) is 11.6 Å². The molecular formula is C11H13Cl2F2N. The number of piperidine rings is 1. The highest BCUT2D eigenvalue weighted by molar-refractivity contribution is 6.31. The van der Waals surface area contributed by atoms with Crippen molar-refractivity contribution in [3.8, 4) is 0 Å². The van der Waals surface area contributed by atoms with E-state index in [2.05, 4.69) is 5.32 Å². The predicted molar refractivity (Wildman–Crippen MR) is 63.6 cm³/mol. The molecule has 0 amide bonds. The molecule has 1 heterocycles. The summed E-state index contributed by atoms with van der Waals surface area (Å²) in [6.45, 7) is 0.336. The summed E-state index contributed by atoms with van der Waals surface area (Å²) in [7, 11) is 0. The van der Waals surface area contributed by atoms with E-state index in [0.717, 1.165) is 5.56 Å². The number of halogens is 4. The minimum Gasteiger partial charge on any atom is -0.309 e. The molecule has 1 unspecified atom stereocenters. The van der Waals surface area contributed by atoms with Crippen LogP contribution in [0.2, 0.25) is 5.02 Å². The molecule has 5 heteroatoms. The van der Waals surface area contributed by atoms with Crippen LogP contribution < -0.4 is 5.32 Å². The van der Waals surface area contributed by atoms with Crippen LogP contribution >= 0.6 is 24.0 Å². The molecule has 1 saturated heterocycles. The van der Waals surface area contributed by atoms with Crippen molar-refractivity contribution in [2.45, 2.75) is 24.8 Å². The minimum atomic E-state index is -2.57. The first-order chi connectivity index (χ1) is 7.08. The molecule has 1 aromatic carbocycles. The van der Waals surface area contributed by atoms with Crippen LogP contribution in [0.15, 0.2) is 24.3 Å². The zero-order valence-corrected chi connectivity index (χ0v) is 10.1. The van der Waals surface area contributed by atoms with Gasteiger partial charge in [-0.1, -0.05) is 29.8 Å². The maximum absolute atomic E-state index is 13.2. The van der Waals surface area contributed by atoms with Crippen LogP contribution in [-0.2, 0) is 0 Å². The number of benzene rings is 1. The SMILES string of the molecule is Cl.FC1(F)CCNC(c2ccccc2Cl)C1. The molecule has 0 aromatic heterocycles. The Morgan fingerprint density at radius 2 is 2.00 bits per heavy atom. The Morgan fingerprint density at radius 1 is 1.31 bits per heavy atom. The van der Waals surface area contributed by atoms with Crippen molar-refractivity contribution in [3.63, 3.8) is 0 Å². The van der Waals surface area contributed by atoms with Gasteiger partial charge in [0.15, 0.2) is 0 Å². The molecule has 0 spiro atoms. The lowest BCUT2D eigenvalue weighted by atomic mass is 9.95. The number of alkyl halides is 2. The zero-order valence-electron chi connectivity index (χ0n) is 8.55. The van der Waals surface area contributed by atoms with Crippen LogP contribution in [0.5, 0.6) is 0 Å². The molecule has 2 rings (SSSR count). The standard InChI is InChI=1S/C11H12ClF2N.ClH/c12-9-4-2-1-3-8(9)10-7-11(13,14)5-6-15-10;/h1-4,10,15H,5-7H2;1H. The molecule has 1 N–H and O–H groups in total. The number of rotatable bonds is 1. The summed E-state index contributed by atoms with van der Waals surface area (Å²) in [6.07, 6.45) is -0.259. The Kier molecular flexibility index (Phi) is 4.53. The minimum absolute atomic E-state index is 0. The summed E-state index contributed by atoms with van der Waals surface area (Å²) in [4.78, 5) is 0. The van der Waals surface area contributed by atoms with Crippen LogP contribution in [0.4, 0.5) is 8.78 Å². The van der Waals surface area contributed by atoms with Crippen molar-refractivity contribution in [2.24, 2.45) is 0 Å². The first kappa shape index (κ1) is 13.7. The Morgan fingerprint density at radius 3 is 2.62 bits per heavy atom. The summed E-state index contributed by atoms with van der Waals surface area (Å²) >= 11 is 5.97. The van der Waals surface area contributed by atoms with Gasteiger partial charge >= 0.3 is 0 Å². The molecule has 0 bridgehead atoms. The van der Waals surface area contributed by atoms with Crippen LogP contribution in [-0.4, -0.2) is 12.5 Å². The molecule has 1 aliphatic heterocycles. The fourth-order valence-electron chi connectivity index (χ4n) is 1.88. The quantitative estimate of drug-likeness (QED) is 0.816. The van der Waals surface area contributed by atoms with E-state index in [9.17, 15) is 8.78 Å². The molecule has 1 nitrogen and oxygen atoms in total. The topological polar surface area (TPSA) is 12.0 Å². The molecule has 16 heavy (non-hydrogen) atoms. The van der Waals surface area contributed by atoms with E-state index in [1.807, 2.05) is 6.07 Å². The molecule has 1 aliphatic rings. The average molecular weight is 268 g/mol. The Bertz CT molecular complexity index is 358. The van der Waals surface area contributed by atoms with Gasteiger partial charge in [-0.25, -0.2) is 8.78 Å². The van der Waals surface area contributed by atoms with E-state index >= 15 is 0 Å². The van der Waals surface area contributed by atoms with Crippen LogP contribution in [0.25, 0.3) is 0 Å². The summed E-state index contributed by atoms with van der Waals surface area (Å²) in [6, 6.07) is 6.80. The van der Waals surface area contributed by atoms with Crippen LogP contribution in [0.1, 0.15) is 24.4 Å². The fraction of sp³-hybridized carbons (Fsp3) is 0.455. The molecule has 90 valence electrons. The second kappa shape index (κ2) is 5.30. The number of nitrogens with one attached hydrogen (secondary N) is 1. The van der Waals surface area contributed by atoms with Crippen molar-refractivity contribution in [1.29, 1.82) is 0 Å². The molecule has 1 atom stereocenters. The fourth-order valence-corrected chi connectivity index (χ4v) is 2.15. The summed E-state index contributed by atoms with van der Waals surface area (Å²) < 4.78 is 26.4. The maximum Gasteiger partial charge on any atom is 0.251 e. The monoisotopic (exact) mass is 267 g/mol. The van der Waals surface area contributed by atoms with Crippen molar-refractivity contribution >= 4 is 24.0 Å². The van der Waals surface area contributed by atoms with E-state index in [1.165, 1.54) is 0 Å². The van der Waals surface area contributed by atoms with Gasteiger partial charge in [0.25, 0.3) is 5.92 Å². The van der Waals surface area contributed by atoms with Crippen molar-refractivity contribution < 1.29 is 8.78 Å². The predicted octanol–water partition coefficient (Wildman–Crippen LogP) is 3.82. The highest BCUT2D eigenvalue weighted by Crippen LogP contribution is 2.36. The molecule has 1 fully saturated rings. The van der Waals surface area contributed by atoms with E-state index in [0.29, 0.717) is 11.6 Å². The number of hydrogen-bond acceptors (Lipinski definition) is 1. The second-order valence-corrected chi connectivity index (χ2v) is 4.25. The largest absolute Gasteiger partial charge is 0.309 e. The Hall–Kier alpha value is -0.380. The van der Waals surface area contributed by atoms with E-state index in [1.54, 1.807) is 18.2 Å². The molecular weight excluding hydrogens is 255 g/mol. The highest BCUT2D eigenvalue weighted by atomic mass is 35.5. The molecule has 0 saturated carbocycles. The lowest BCUT2D eigenvalue weighted by Crippen LogP contribution is -2.38. The van der Waals surface area contributed by atoms with Gasteiger partial charge in [-0.05, 0) is 11.6 Å². The van der Waals surface area contributed by atoms with E-state index in [-0.39, 0.29) is 31.3 Å². The van der Waals surface area contributed by atoms with Crippen molar-refractivity contribution in [1.82, 2.24) is 5.32 Å². The Balaban J connectivity index is 0.00000128. The van der Waals surface area contributed by atoms with Crippen molar-refractivity contribution in [2.75, 3.05) is 6.54 Å². The van der Waals surface area contributed by atoms with Crippen LogP contribution in [0, 0.1) is 0 Å². The van der Waals surface area contributed by atoms with Gasteiger partial charge in [-0.3, -0.25) is 0 Å². The van der Waals surface area contributed by atoms with Crippen LogP contribution in [0.3, 0.4) is 0 Å². The van der Waals surface area contributed by atoms with Crippen molar-refractivity contribution in [3.05, 3.63) is 34.9 Å². The second-order valence-electron chi connectivity index (χ2n) is 3.84. The normalized spacial score (nSPS) is 23.6. The maximum atomic E-state index is 13.2. The first-order valence-corrected chi connectivity index (χ1v) is 5.32. The van der Waals surface area contributed by atoms with Gasteiger partial charge in [-0.2, -0.15) is 0 Å². The van der Waals surface area contributed by atoms with Gasteiger partial charge in [-0.15, -0.1) is 12.4 Å². The summed E-state index contributed by atoms with van der Waals surface area (Å²) in [5.74, 6) is -2.57. The third-order valence-electron chi connectivity index (χ3n) is 2.66. The summed E-state index contributed by atoms with van der Waals surface area (Å²) in [5, 5.41) is 3.62. The third kappa shape index (κ3) is 3.06. The average Bonchev–Trinajstić information content (AvgIpc) is 2.17. The lowest BCUT2D eigenvalue weighted by molar-refractivity contribution is -0.0415. The van der Waals surface area contributed by atoms with Gasteiger partial charge in [0.2, 0.25) is 0 Å². The lowest BCUT2D eigenvalue weighted by Gasteiger charge is -2.30. The van der Waals surface area contributed by atoms with Gasteiger partial charge in [0.1, 0.15) is 0 Å². The van der Waals surface area contributed by atoms with Gasteiger partial charge in [0, 0.05) is 30.5 Å². The molecule has 0 aliphatic carbocycles. The first-order valence-electron chi connectivity index (χ1n) is 4.94. The van der Waals surface area contributed by atoms with Gasteiger partial charge in [0.05, 0.1) is 0 Å². The Labute approximate surface area is 105 Å². The zero-order chi connectivity index (χ0) is 10.9. The van der Waals surface area contributed by atoms with Gasteiger partial charge < -0.3 is 5.32 Å². The van der Waals surface area contributed by atoms with E-state index < -0.39 is 5.92 Å². The highest BCUT2D eigenvalue weighted by Gasteiger charge is 2.37. The smallest absolute Gasteiger partial charge is 0.251 e. The summed E-state index contributed by atoms with van der Waals surface area (Å²) in [5.41, 5.74) is 0.763. The molecule has 0 radical (unpaired) electrons. The number of hydrogen-bond donors (Lipinski definition) is 1.